The summed E-state index contributed by atoms with van der Waals surface area (Å²) in [7, 11) is 1.63. The van der Waals surface area contributed by atoms with Crippen molar-refractivity contribution < 1.29 is 14.3 Å². The SMILES string of the molecule is BNc1cc(-c2ccccc2F)ccc1C(=O)O. The molecular weight excluding hydrogens is 232 g/mol. The fraction of sp³-hybridized carbons (Fsp3) is 0. The number of carbonyl (C=O) groups is 1. The third-order valence-electron chi connectivity index (χ3n) is 2.70. The first-order valence-corrected chi connectivity index (χ1v) is 5.43. The van der Waals surface area contributed by atoms with Gasteiger partial charge >= 0.3 is 5.97 Å². The van der Waals surface area contributed by atoms with E-state index in [0.717, 1.165) is 0 Å². The molecule has 5 heteroatoms. The molecule has 0 heterocycles. The Morgan fingerprint density at radius 2 is 1.94 bits per heavy atom. The van der Waals surface area contributed by atoms with E-state index in [2.05, 4.69) is 5.23 Å². The average molecular weight is 243 g/mol. The topological polar surface area (TPSA) is 49.3 Å². The van der Waals surface area contributed by atoms with E-state index >= 15 is 0 Å². The molecule has 0 unspecified atom stereocenters. The number of hydrogen-bond donors (Lipinski definition) is 2. The summed E-state index contributed by atoms with van der Waals surface area (Å²) < 4.78 is 13.6. The van der Waals surface area contributed by atoms with Gasteiger partial charge in [-0.3, -0.25) is 0 Å². The summed E-state index contributed by atoms with van der Waals surface area (Å²) in [6, 6.07) is 11.1. The van der Waals surface area contributed by atoms with Crippen LogP contribution in [-0.2, 0) is 0 Å². The van der Waals surface area contributed by atoms with Crippen LogP contribution < -0.4 is 5.23 Å². The lowest BCUT2D eigenvalue weighted by molar-refractivity contribution is 0.0698. The third kappa shape index (κ3) is 2.20. The highest BCUT2D eigenvalue weighted by molar-refractivity contribution is 6.18. The second kappa shape index (κ2) is 4.92. The van der Waals surface area contributed by atoms with E-state index in [1.807, 2.05) is 0 Å². The number of anilines is 1. The molecule has 0 spiro atoms. The van der Waals surface area contributed by atoms with Crippen LogP contribution in [-0.4, -0.2) is 19.1 Å². The molecule has 3 nitrogen and oxygen atoms in total. The Labute approximate surface area is 105 Å². The molecule has 0 aromatic heterocycles. The largest absolute Gasteiger partial charge is 0.478 e. The van der Waals surface area contributed by atoms with E-state index in [0.29, 0.717) is 16.8 Å². The van der Waals surface area contributed by atoms with E-state index in [-0.39, 0.29) is 11.4 Å². The summed E-state index contributed by atoms with van der Waals surface area (Å²) in [6.45, 7) is 0. The predicted octanol–water partition coefficient (Wildman–Crippen LogP) is 2.15. The molecule has 0 atom stereocenters. The Morgan fingerprint density at radius 3 is 2.56 bits per heavy atom. The molecule has 2 N–H and O–H groups in total. The van der Waals surface area contributed by atoms with Gasteiger partial charge in [-0.2, -0.15) is 0 Å². The Balaban J connectivity index is 2.55. The summed E-state index contributed by atoms with van der Waals surface area (Å²) in [4.78, 5) is 11.0. The maximum Gasteiger partial charge on any atom is 0.337 e. The summed E-state index contributed by atoms with van der Waals surface area (Å²) in [5.74, 6) is -1.35. The Hall–Kier alpha value is -2.30. The molecule has 90 valence electrons. The van der Waals surface area contributed by atoms with Gasteiger partial charge in [0.25, 0.3) is 0 Å². The zero-order valence-electron chi connectivity index (χ0n) is 9.77. The van der Waals surface area contributed by atoms with Crippen LogP contribution in [0.2, 0.25) is 0 Å². The van der Waals surface area contributed by atoms with Gasteiger partial charge in [-0.05, 0) is 23.8 Å². The Morgan fingerprint density at radius 1 is 1.22 bits per heavy atom. The molecule has 0 radical (unpaired) electrons. The minimum absolute atomic E-state index is 0.164. The maximum atomic E-state index is 13.6. The van der Waals surface area contributed by atoms with Crippen molar-refractivity contribution in [3.8, 4) is 11.1 Å². The van der Waals surface area contributed by atoms with E-state index in [9.17, 15) is 9.18 Å². The lowest BCUT2D eigenvalue weighted by atomic mass is 10.0. The van der Waals surface area contributed by atoms with Crippen LogP contribution in [0.15, 0.2) is 42.5 Å². The molecule has 0 aliphatic rings. The summed E-state index contributed by atoms with van der Waals surface area (Å²) in [6.07, 6.45) is 0. The Bertz CT molecular complexity index is 601. The van der Waals surface area contributed by atoms with Gasteiger partial charge in [0.1, 0.15) is 5.82 Å². The van der Waals surface area contributed by atoms with Gasteiger partial charge in [0.2, 0.25) is 7.98 Å². The van der Waals surface area contributed by atoms with Crippen molar-refractivity contribution in [3.63, 3.8) is 0 Å². The van der Waals surface area contributed by atoms with E-state index in [1.165, 1.54) is 12.1 Å². The second-order valence-corrected chi connectivity index (χ2v) is 3.80. The summed E-state index contributed by atoms with van der Waals surface area (Å²) >= 11 is 0. The Kier molecular flexibility index (Phi) is 3.32. The van der Waals surface area contributed by atoms with E-state index < -0.39 is 5.97 Å². The van der Waals surface area contributed by atoms with Crippen molar-refractivity contribution in [1.82, 2.24) is 0 Å². The van der Waals surface area contributed by atoms with Crippen molar-refractivity contribution in [1.29, 1.82) is 0 Å². The molecule has 0 aliphatic heterocycles. The molecule has 2 rings (SSSR count). The van der Waals surface area contributed by atoms with Gasteiger partial charge in [0.05, 0.1) is 5.56 Å². The van der Waals surface area contributed by atoms with E-state index in [4.69, 9.17) is 5.11 Å². The number of halogens is 1. The zero-order chi connectivity index (χ0) is 13.1. The molecule has 2 aromatic carbocycles. The minimum atomic E-state index is -1.01. The highest BCUT2D eigenvalue weighted by Crippen LogP contribution is 2.27. The van der Waals surface area contributed by atoms with Crippen LogP contribution in [0.3, 0.4) is 0 Å². The van der Waals surface area contributed by atoms with Gasteiger partial charge < -0.3 is 10.3 Å². The van der Waals surface area contributed by atoms with Gasteiger partial charge in [0, 0.05) is 11.3 Å². The monoisotopic (exact) mass is 243 g/mol. The lowest BCUT2D eigenvalue weighted by Gasteiger charge is -2.09. The number of nitrogens with one attached hydrogen (secondary N) is 1. The molecule has 18 heavy (non-hydrogen) atoms. The first-order valence-electron chi connectivity index (χ1n) is 5.43. The van der Waals surface area contributed by atoms with Crippen LogP contribution in [0.25, 0.3) is 11.1 Å². The normalized spacial score (nSPS) is 10.1. The molecule has 0 saturated carbocycles. The minimum Gasteiger partial charge on any atom is -0.478 e. The lowest BCUT2D eigenvalue weighted by Crippen LogP contribution is -2.03. The standard InChI is InChI=1S/C13H11BFNO2/c14-16-12-7-8(5-6-10(12)13(17)18)9-3-1-2-4-11(9)15/h1-7,16H,14H2,(H,17,18). The number of carboxylic acids is 1. The number of hydrogen-bond acceptors (Lipinski definition) is 2. The number of aromatic carboxylic acids is 1. The molecule has 0 saturated heterocycles. The molecule has 0 fully saturated rings. The zero-order valence-corrected chi connectivity index (χ0v) is 9.77. The summed E-state index contributed by atoms with van der Waals surface area (Å²) in [5.41, 5.74) is 1.72. The fourth-order valence-corrected chi connectivity index (χ4v) is 1.80. The van der Waals surface area contributed by atoms with Crippen molar-refractivity contribution in [2.75, 3.05) is 5.23 Å². The van der Waals surface area contributed by atoms with Crippen LogP contribution in [0.1, 0.15) is 10.4 Å². The van der Waals surface area contributed by atoms with Gasteiger partial charge in [-0.15, -0.1) is 0 Å². The van der Waals surface area contributed by atoms with Crippen LogP contribution >= 0.6 is 0 Å². The summed E-state index contributed by atoms with van der Waals surface area (Å²) in [5, 5.41) is 11.8. The van der Waals surface area contributed by atoms with Crippen molar-refractivity contribution >= 4 is 19.6 Å². The van der Waals surface area contributed by atoms with Crippen molar-refractivity contribution in [2.45, 2.75) is 0 Å². The average Bonchev–Trinajstić information content (AvgIpc) is 2.38. The second-order valence-electron chi connectivity index (χ2n) is 3.80. The van der Waals surface area contributed by atoms with E-state index in [1.54, 1.807) is 38.3 Å². The molecule has 2 aromatic rings. The first kappa shape index (κ1) is 12.2. The van der Waals surface area contributed by atoms with Crippen molar-refractivity contribution in [3.05, 3.63) is 53.8 Å². The number of benzene rings is 2. The number of rotatable bonds is 3. The highest BCUT2D eigenvalue weighted by Gasteiger charge is 2.11. The van der Waals surface area contributed by atoms with Crippen LogP contribution in [0.4, 0.5) is 10.1 Å². The highest BCUT2D eigenvalue weighted by atomic mass is 19.1. The maximum absolute atomic E-state index is 13.6. The van der Waals surface area contributed by atoms with Crippen LogP contribution in [0.5, 0.6) is 0 Å². The quantitative estimate of drug-likeness (QED) is 0.812. The molecule has 0 aliphatic carbocycles. The van der Waals surface area contributed by atoms with Crippen molar-refractivity contribution in [2.24, 2.45) is 0 Å². The molecular formula is C13H11BFNO2. The first-order chi connectivity index (χ1) is 8.63. The smallest absolute Gasteiger partial charge is 0.337 e. The van der Waals surface area contributed by atoms with Crippen LogP contribution in [0, 0.1) is 5.82 Å². The molecule has 0 amide bonds. The third-order valence-corrected chi connectivity index (χ3v) is 2.70. The van der Waals surface area contributed by atoms with Gasteiger partial charge in [0.15, 0.2) is 0 Å². The predicted molar refractivity (Wildman–Crippen MR) is 71.0 cm³/mol. The van der Waals surface area contributed by atoms with Gasteiger partial charge in [-0.25, -0.2) is 9.18 Å². The van der Waals surface area contributed by atoms with Gasteiger partial charge in [-0.1, -0.05) is 24.3 Å². The number of carboxylic acid groups (broad SMARTS) is 1. The molecule has 0 bridgehead atoms. The fourth-order valence-electron chi connectivity index (χ4n) is 1.80.